The van der Waals surface area contributed by atoms with Crippen molar-refractivity contribution < 1.29 is 9.53 Å². The van der Waals surface area contributed by atoms with Crippen LogP contribution in [0, 0.1) is 0 Å². The largest absolute Gasteiger partial charge is 0.450 e. The predicted molar refractivity (Wildman–Crippen MR) is 59.6 cm³/mol. The Morgan fingerprint density at radius 2 is 2.00 bits per heavy atom. The van der Waals surface area contributed by atoms with Gasteiger partial charge < -0.3 is 10.1 Å². The molecule has 0 aromatic heterocycles. The highest BCUT2D eigenvalue weighted by atomic mass is 16.5. The molecule has 82 valence electrons. The Kier molecular flexibility index (Phi) is 4.68. The molecule has 0 fully saturated rings. The molecule has 1 amide bonds. The van der Waals surface area contributed by atoms with Crippen molar-refractivity contribution in [2.75, 3.05) is 6.61 Å². The number of amides is 1. The van der Waals surface area contributed by atoms with Gasteiger partial charge in [0, 0.05) is 0 Å². The van der Waals surface area contributed by atoms with Crippen LogP contribution < -0.4 is 5.32 Å². The topological polar surface area (TPSA) is 38.3 Å². The zero-order valence-corrected chi connectivity index (χ0v) is 9.19. The maximum absolute atomic E-state index is 11.3. The van der Waals surface area contributed by atoms with Gasteiger partial charge in [-0.2, -0.15) is 0 Å². The van der Waals surface area contributed by atoms with E-state index in [1.54, 1.807) is 6.92 Å². The highest BCUT2D eigenvalue weighted by molar-refractivity contribution is 5.67. The fourth-order valence-corrected chi connectivity index (χ4v) is 1.42. The second kappa shape index (κ2) is 6.06. The molecule has 1 aromatic rings. The maximum Gasteiger partial charge on any atom is 0.407 e. The lowest BCUT2D eigenvalue weighted by Gasteiger charge is -2.16. The van der Waals surface area contributed by atoms with Crippen molar-refractivity contribution in [2.45, 2.75) is 26.3 Å². The van der Waals surface area contributed by atoms with E-state index in [9.17, 15) is 4.79 Å². The van der Waals surface area contributed by atoms with Crippen molar-refractivity contribution in [1.29, 1.82) is 0 Å². The smallest absolute Gasteiger partial charge is 0.407 e. The van der Waals surface area contributed by atoms with Crippen LogP contribution in [0.15, 0.2) is 30.3 Å². The molecule has 0 aliphatic rings. The molecular weight excluding hydrogens is 190 g/mol. The molecule has 0 radical (unpaired) electrons. The number of alkyl carbamates (subject to hydrolysis) is 1. The van der Waals surface area contributed by atoms with Gasteiger partial charge in [-0.25, -0.2) is 4.79 Å². The molecule has 0 unspecified atom stereocenters. The summed E-state index contributed by atoms with van der Waals surface area (Å²) in [6.07, 6.45) is 0.497. The van der Waals surface area contributed by atoms with Crippen molar-refractivity contribution in [2.24, 2.45) is 0 Å². The van der Waals surface area contributed by atoms with Crippen LogP contribution in [-0.4, -0.2) is 12.7 Å². The van der Waals surface area contributed by atoms with Crippen molar-refractivity contribution in [1.82, 2.24) is 5.32 Å². The fraction of sp³-hybridized carbons (Fsp3) is 0.417. The van der Waals surface area contributed by atoms with Crippen LogP contribution in [0.3, 0.4) is 0 Å². The second-order valence-corrected chi connectivity index (χ2v) is 3.24. The molecule has 1 atom stereocenters. The van der Waals surface area contributed by atoms with Gasteiger partial charge in [-0.3, -0.25) is 0 Å². The summed E-state index contributed by atoms with van der Waals surface area (Å²) >= 11 is 0. The standard InChI is InChI=1S/C12H17NO2/c1-3-11(13-12(14)15-4-2)10-8-6-5-7-9-10/h5-9,11H,3-4H2,1-2H3,(H,13,14)/t11-/m0/s1. The Hall–Kier alpha value is -1.51. The van der Waals surface area contributed by atoms with Gasteiger partial charge in [0.15, 0.2) is 0 Å². The Bertz CT molecular complexity index is 298. The van der Waals surface area contributed by atoms with Gasteiger partial charge in [-0.15, -0.1) is 0 Å². The lowest BCUT2D eigenvalue weighted by atomic mass is 10.1. The van der Waals surface area contributed by atoms with E-state index < -0.39 is 0 Å². The molecule has 1 N–H and O–H groups in total. The van der Waals surface area contributed by atoms with Crippen molar-refractivity contribution >= 4 is 6.09 Å². The average Bonchev–Trinajstić information content (AvgIpc) is 2.27. The van der Waals surface area contributed by atoms with E-state index in [0.717, 1.165) is 12.0 Å². The van der Waals surface area contributed by atoms with E-state index in [0.29, 0.717) is 6.61 Å². The zero-order chi connectivity index (χ0) is 11.1. The predicted octanol–water partition coefficient (Wildman–Crippen LogP) is 2.88. The normalized spacial score (nSPS) is 11.9. The Labute approximate surface area is 90.4 Å². The molecule has 0 bridgehead atoms. The number of ether oxygens (including phenoxy) is 1. The van der Waals surface area contributed by atoms with Crippen molar-refractivity contribution in [3.8, 4) is 0 Å². The van der Waals surface area contributed by atoms with Crippen LogP contribution >= 0.6 is 0 Å². The van der Waals surface area contributed by atoms with Crippen LogP contribution in [0.5, 0.6) is 0 Å². The van der Waals surface area contributed by atoms with Crippen molar-refractivity contribution in [3.05, 3.63) is 35.9 Å². The molecule has 0 saturated heterocycles. The molecule has 0 aliphatic carbocycles. The summed E-state index contributed by atoms with van der Waals surface area (Å²) in [5.41, 5.74) is 1.10. The van der Waals surface area contributed by atoms with E-state index >= 15 is 0 Å². The highest BCUT2D eigenvalue weighted by Crippen LogP contribution is 2.15. The van der Waals surface area contributed by atoms with Gasteiger partial charge in [0.1, 0.15) is 0 Å². The van der Waals surface area contributed by atoms with Crippen LogP contribution in [0.1, 0.15) is 31.9 Å². The Balaban J connectivity index is 2.61. The summed E-state index contributed by atoms with van der Waals surface area (Å²) in [6, 6.07) is 9.92. The first-order valence-electron chi connectivity index (χ1n) is 5.26. The third kappa shape index (κ3) is 3.62. The lowest BCUT2D eigenvalue weighted by molar-refractivity contribution is 0.147. The molecule has 15 heavy (non-hydrogen) atoms. The zero-order valence-electron chi connectivity index (χ0n) is 9.19. The third-order valence-electron chi connectivity index (χ3n) is 2.18. The maximum atomic E-state index is 11.3. The second-order valence-electron chi connectivity index (χ2n) is 3.24. The lowest BCUT2D eigenvalue weighted by Crippen LogP contribution is -2.28. The molecule has 0 heterocycles. The molecule has 1 aromatic carbocycles. The van der Waals surface area contributed by atoms with Gasteiger partial charge in [0.2, 0.25) is 0 Å². The summed E-state index contributed by atoms with van der Waals surface area (Å²) in [6.45, 7) is 4.23. The minimum Gasteiger partial charge on any atom is -0.450 e. The first-order chi connectivity index (χ1) is 7.27. The van der Waals surface area contributed by atoms with Crippen LogP contribution in [0.25, 0.3) is 0 Å². The summed E-state index contributed by atoms with van der Waals surface area (Å²) in [5.74, 6) is 0. The number of carbonyl (C=O) groups excluding carboxylic acids is 1. The molecule has 3 nitrogen and oxygen atoms in total. The highest BCUT2D eigenvalue weighted by Gasteiger charge is 2.12. The fourth-order valence-electron chi connectivity index (χ4n) is 1.42. The first kappa shape index (κ1) is 11.6. The Morgan fingerprint density at radius 1 is 1.33 bits per heavy atom. The van der Waals surface area contributed by atoms with Gasteiger partial charge in [0.05, 0.1) is 12.6 Å². The van der Waals surface area contributed by atoms with E-state index in [1.165, 1.54) is 0 Å². The number of nitrogens with one attached hydrogen (secondary N) is 1. The third-order valence-corrected chi connectivity index (χ3v) is 2.18. The molecule has 0 saturated carbocycles. The summed E-state index contributed by atoms with van der Waals surface area (Å²) in [4.78, 5) is 11.3. The monoisotopic (exact) mass is 207 g/mol. The van der Waals surface area contributed by atoms with Crippen molar-refractivity contribution in [3.63, 3.8) is 0 Å². The van der Waals surface area contributed by atoms with Crippen LogP contribution in [0.4, 0.5) is 4.79 Å². The molecule has 3 heteroatoms. The number of hydrogen-bond donors (Lipinski definition) is 1. The molecule has 1 rings (SSSR count). The summed E-state index contributed by atoms with van der Waals surface area (Å²) < 4.78 is 4.85. The Morgan fingerprint density at radius 3 is 2.53 bits per heavy atom. The van der Waals surface area contributed by atoms with E-state index in [-0.39, 0.29) is 12.1 Å². The summed E-state index contributed by atoms with van der Waals surface area (Å²) in [7, 11) is 0. The number of rotatable bonds is 4. The molecular formula is C12H17NO2. The first-order valence-corrected chi connectivity index (χ1v) is 5.26. The minimum absolute atomic E-state index is 0.0326. The van der Waals surface area contributed by atoms with Crippen LogP contribution in [0.2, 0.25) is 0 Å². The number of hydrogen-bond acceptors (Lipinski definition) is 2. The van der Waals surface area contributed by atoms with E-state index in [2.05, 4.69) is 5.32 Å². The van der Waals surface area contributed by atoms with Gasteiger partial charge in [-0.05, 0) is 18.9 Å². The average molecular weight is 207 g/mol. The molecule has 0 spiro atoms. The van der Waals surface area contributed by atoms with Gasteiger partial charge in [-0.1, -0.05) is 37.3 Å². The summed E-state index contributed by atoms with van der Waals surface area (Å²) in [5, 5.41) is 2.82. The van der Waals surface area contributed by atoms with Crippen LogP contribution in [-0.2, 0) is 4.74 Å². The van der Waals surface area contributed by atoms with Gasteiger partial charge >= 0.3 is 6.09 Å². The van der Waals surface area contributed by atoms with Gasteiger partial charge in [0.25, 0.3) is 0 Å². The molecule has 0 aliphatic heterocycles. The number of benzene rings is 1. The van der Waals surface area contributed by atoms with E-state index in [1.807, 2.05) is 37.3 Å². The minimum atomic E-state index is -0.354. The number of carbonyl (C=O) groups is 1. The quantitative estimate of drug-likeness (QED) is 0.824. The SMILES string of the molecule is CCOC(=O)N[C@@H](CC)c1ccccc1. The van der Waals surface area contributed by atoms with E-state index in [4.69, 9.17) is 4.74 Å².